The van der Waals surface area contributed by atoms with Crippen molar-refractivity contribution >= 4 is 43.5 Å². The van der Waals surface area contributed by atoms with Crippen molar-refractivity contribution in [3.63, 3.8) is 0 Å². The van der Waals surface area contributed by atoms with Gasteiger partial charge in [-0.15, -0.1) is 0 Å². The van der Waals surface area contributed by atoms with Gasteiger partial charge in [-0.25, -0.2) is 8.42 Å². The Balaban J connectivity index is 1.51. The minimum absolute atomic E-state index is 0.0556. The summed E-state index contributed by atoms with van der Waals surface area (Å²) in [5.41, 5.74) is 2.01. The lowest BCUT2D eigenvalue weighted by molar-refractivity contribution is -0.140. The highest BCUT2D eigenvalue weighted by atomic mass is 79.9. The van der Waals surface area contributed by atoms with Crippen molar-refractivity contribution in [3.05, 3.63) is 88.4 Å². The molecule has 3 aromatic rings. The number of sulfonamides is 1. The quantitative estimate of drug-likeness (QED) is 0.286. The first-order valence-corrected chi connectivity index (χ1v) is 17.4. The molecule has 1 aliphatic carbocycles. The van der Waals surface area contributed by atoms with Crippen LogP contribution in [0.4, 0.5) is 5.69 Å². The summed E-state index contributed by atoms with van der Waals surface area (Å²) in [7, 11) is -3.89. The van der Waals surface area contributed by atoms with Gasteiger partial charge in [-0.2, -0.15) is 0 Å². The van der Waals surface area contributed by atoms with Crippen LogP contribution in [0.3, 0.4) is 0 Å². The normalized spacial score (nSPS) is 15.4. The molecule has 11 heteroatoms. The molecular weight excluding hydrogens is 646 g/mol. The van der Waals surface area contributed by atoms with E-state index < -0.39 is 28.5 Å². The molecule has 1 unspecified atom stereocenters. The van der Waals surface area contributed by atoms with Crippen LogP contribution in [-0.4, -0.2) is 62.7 Å². The summed E-state index contributed by atoms with van der Waals surface area (Å²) in [6.45, 7) is 1.93. The molecule has 2 amide bonds. The third kappa shape index (κ3) is 7.92. The highest BCUT2D eigenvalue weighted by molar-refractivity contribution is 9.10. The van der Waals surface area contributed by atoms with E-state index in [0.717, 1.165) is 45.6 Å². The van der Waals surface area contributed by atoms with Gasteiger partial charge < -0.3 is 19.7 Å². The average molecular weight is 685 g/mol. The monoisotopic (exact) mass is 683 g/mol. The molecule has 0 aromatic heterocycles. The number of ether oxygens (including phenoxy) is 2. The number of nitrogens with zero attached hydrogens (tertiary/aromatic N) is 2. The summed E-state index contributed by atoms with van der Waals surface area (Å²) in [5, 5.41) is 3.19. The number of hydrogen-bond donors (Lipinski definition) is 1. The molecule has 1 heterocycles. The lowest BCUT2D eigenvalue weighted by Crippen LogP contribution is -2.54. The van der Waals surface area contributed by atoms with E-state index in [1.165, 1.54) is 11.8 Å². The molecule has 1 aliphatic heterocycles. The van der Waals surface area contributed by atoms with Gasteiger partial charge in [0.1, 0.15) is 25.8 Å². The first-order valence-electron chi connectivity index (χ1n) is 15.0. The van der Waals surface area contributed by atoms with E-state index in [4.69, 9.17) is 9.47 Å². The number of halogens is 1. The number of hydrogen-bond acceptors (Lipinski definition) is 6. The van der Waals surface area contributed by atoms with E-state index >= 15 is 0 Å². The number of benzene rings is 3. The maximum Gasteiger partial charge on any atom is 0.244 e. The fraction of sp³-hybridized carbons (Fsp3) is 0.394. The summed E-state index contributed by atoms with van der Waals surface area (Å²) in [6, 6.07) is 21.2. The number of fused-ring (bicyclic) bond motifs is 1. The van der Waals surface area contributed by atoms with Crippen LogP contribution in [0.25, 0.3) is 0 Å². The van der Waals surface area contributed by atoms with Crippen LogP contribution >= 0.6 is 15.9 Å². The van der Waals surface area contributed by atoms with Crippen molar-refractivity contribution in [3.8, 4) is 11.5 Å². The van der Waals surface area contributed by atoms with Crippen LogP contribution in [-0.2, 0) is 32.6 Å². The SMILES string of the molecule is CCS(=O)(=O)N(CC(=O)N(Cc1ccc(Br)cc1)C(Cc1ccccc1)C(=O)NC1CCCC1)c1ccc2c(c1)OCCO2. The van der Waals surface area contributed by atoms with Crippen LogP contribution < -0.4 is 19.1 Å². The van der Waals surface area contributed by atoms with E-state index in [1.54, 1.807) is 18.2 Å². The smallest absolute Gasteiger partial charge is 0.244 e. The van der Waals surface area contributed by atoms with Gasteiger partial charge in [-0.3, -0.25) is 13.9 Å². The third-order valence-corrected chi connectivity index (χ3v) is 10.3. The Morgan fingerprint density at radius 2 is 1.61 bits per heavy atom. The van der Waals surface area contributed by atoms with Crippen molar-refractivity contribution in [1.82, 2.24) is 10.2 Å². The van der Waals surface area contributed by atoms with Gasteiger partial charge in [0.05, 0.1) is 11.4 Å². The zero-order chi connectivity index (χ0) is 31.1. The second kappa shape index (κ2) is 14.5. The van der Waals surface area contributed by atoms with Gasteiger partial charge in [-0.1, -0.05) is 71.2 Å². The molecule has 0 spiro atoms. The minimum atomic E-state index is -3.89. The highest BCUT2D eigenvalue weighted by Crippen LogP contribution is 2.35. The minimum Gasteiger partial charge on any atom is -0.486 e. The molecule has 0 bridgehead atoms. The summed E-state index contributed by atoms with van der Waals surface area (Å²) in [5.74, 6) is 0.000254. The zero-order valence-electron chi connectivity index (χ0n) is 24.8. The standard InChI is InChI=1S/C33H38BrN3O6S/c1-2-44(40,41)37(28-16-17-30-31(21-28)43-19-18-42-30)23-32(38)36(22-25-12-14-26(34)15-13-25)29(20-24-8-4-3-5-9-24)33(39)35-27-10-6-7-11-27/h3-5,8-9,12-17,21,27,29H,2,6-7,10-11,18-20,22-23H2,1H3,(H,35,39). The van der Waals surface area contributed by atoms with E-state index in [1.807, 2.05) is 54.6 Å². The predicted octanol–water partition coefficient (Wildman–Crippen LogP) is 5.08. The van der Waals surface area contributed by atoms with Gasteiger partial charge >= 0.3 is 0 Å². The molecular formula is C33H38BrN3O6S. The van der Waals surface area contributed by atoms with Gasteiger partial charge in [0, 0.05) is 29.5 Å². The summed E-state index contributed by atoms with van der Waals surface area (Å²) >= 11 is 3.46. The Kier molecular flexibility index (Phi) is 10.5. The van der Waals surface area contributed by atoms with E-state index in [9.17, 15) is 18.0 Å². The number of anilines is 1. The molecule has 3 aromatic carbocycles. The van der Waals surface area contributed by atoms with Crippen LogP contribution in [0.15, 0.2) is 77.3 Å². The van der Waals surface area contributed by atoms with E-state index in [2.05, 4.69) is 21.2 Å². The van der Waals surface area contributed by atoms with Crippen molar-refractivity contribution in [2.45, 2.75) is 57.7 Å². The fourth-order valence-electron chi connectivity index (χ4n) is 5.61. The fourth-order valence-corrected chi connectivity index (χ4v) is 6.93. The molecule has 234 valence electrons. The Labute approximate surface area is 267 Å². The maximum absolute atomic E-state index is 14.4. The first kappa shape index (κ1) is 31.8. The summed E-state index contributed by atoms with van der Waals surface area (Å²) < 4.78 is 40.2. The number of rotatable bonds is 12. The van der Waals surface area contributed by atoms with Crippen molar-refractivity contribution in [2.75, 3.05) is 29.8 Å². The second-order valence-corrected chi connectivity index (χ2v) is 14.2. The second-order valence-electron chi connectivity index (χ2n) is 11.1. The lowest BCUT2D eigenvalue weighted by atomic mass is 10.0. The Morgan fingerprint density at radius 1 is 0.932 bits per heavy atom. The van der Waals surface area contributed by atoms with Gasteiger partial charge in [-0.05, 0) is 55.2 Å². The third-order valence-electron chi connectivity index (χ3n) is 8.03. The average Bonchev–Trinajstić information content (AvgIpc) is 3.55. The van der Waals surface area contributed by atoms with Gasteiger partial charge in [0.2, 0.25) is 21.8 Å². The molecule has 1 saturated carbocycles. The first-order chi connectivity index (χ1) is 21.2. The number of carbonyl (C=O) groups is 2. The van der Waals surface area contributed by atoms with Crippen LogP contribution in [0.1, 0.15) is 43.7 Å². The van der Waals surface area contributed by atoms with Crippen LogP contribution in [0, 0.1) is 0 Å². The molecule has 0 saturated heterocycles. The predicted molar refractivity (Wildman–Crippen MR) is 173 cm³/mol. The van der Waals surface area contributed by atoms with Gasteiger partial charge in [0.15, 0.2) is 11.5 Å². The van der Waals surface area contributed by atoms with Crippen molar-refractivity contribution < 1.29 is 27.5 Å². The lowest BCUT2D eigenvalue weighted by Gasteiger charge is -2.34. The highest BCUT2D eigenvalue weighted by Gasteiger charge is 2.35. The molecule has 0 radical (unpaired) electrons. The molecule has 1 atom stereocenters. The maximum atomic E-state index is 14.4. The molecule has 1 N–H and O–H groups in total. The largest absolute Gasteiger partial charge is 0.486 e. The topological polar surface area (TPSA) is 105 Å². The summed E-state index contributed by atoms with van der Waals surface area (Å²) in [4.78, 5) is 29.9. The molecule has 44 heavy (non-hydrogen) atoms. The van der Waals surface area contributed by atoms with Crippen LogP contribution in [0.2, 0.25) is 0 Å². The molecule has 9 nitrogen and oxygen atoms in total. The Hall–Kier alpha value is -3.57. The van der Waals surface area contributed by atoms with Gasteiger partial charge in [0.25, 0.3) is 0 Å². The van der Waals surface area contributed by atoms with Crippen molar-refractivity contribution in [1.29, 1.82) is 0 Å². The summed E-state index contributed by atoms with van der Waals surface area (Å²) in [6.07, 6.45) is 4.19. The number of carbonyl (C=O) groups excluding carboxylic acids is 2. The number of amides is 2. The van der Waals surface area contributed by atoms with Crippen molar-refractivity contribution in [2.24, 2.45) is 0 Å². The van der Waals surface area contributed by atoms with E-state index in [-0.39, 0.29) is 30.7 Å². The number of nitrogens with one attached hydrogen (secondary N) is 1. The Bertz CT molecular complexity index is 1550. The van der Waals surface area contributed by atoms with E-state index in [0.29, 0.717) is 30.4 Å². The van der Waals surface area contributed by atoms with Crippen LogP contribution in [0.5, 0.6) is 11.5 Å². The zero-order valence-corrected chi connectivity index (χ0v) is 27.2. The molecule has 5 rings (SSSR count). The molecule has 1 fully saturated rings. The Morgan fingerprint density at radius 3 is 2.30 bits per heavy atom. The molecule has 2 aliphatic rings.